The molecule has 1 aliphatic rings. The average molecular weight is 516 g/mol. The van der Waals surface area contributed by atoms with Crippen molar-refractivity contribution in [1.82, 2.24) is 9.55 Å². The molecular weight excluding hydrogens is 493 g/mol. The van der Waals surface area contributed by atoms with Crippen molar-refractivity contribution in [2.24, 2.45) is 0 Å². The molecule has 7 nitrogen and oxygen atoms in total. The maximum absolute atomic E-state index is 13.9. The van der Waals surface area contributed by atoms with Crippen molar-refractivity contribution in [1.29, 1.82) is 5.26 Å². The molecule has 0 aliphatic heterocycles. The van der Waals surface area contributed by atoms with E-state index in [0.29, 0.717) is 28.3 Å². The van der Waals surface area contributed by atoms with Crippen LogP contribution in [0.4, 0.5) is 3.89 Å². The molecule has 186 valence electrons. The van der Waals surface area contributed by atoms with E-state index in [1.165, 1.54) is 12.1 Å². The van der Waals surface area contributed by atoms with Gasteiger partial charge in [0.2, 0.25) is 0 Å². The zero-order valence-corrected chi connectivity index (χ0v) is 20.7. The van der Waals surface area contributed by atoms with Crippen LogP contribution in [0.5, 0.6) is 5.75 Å². The Labute approximate surface area is 212 Å². The normalized spacial score (nSPS) is 14.2. The smallest absolute Gasteiger partial charge is 0.358 e. The molecule has 1 aliphatic carbocycles. The summed E-state index contributed by atoms with van der Waals surface area (Å²) in [6.45, 7) is 1.98. The van der Waals surface area contributed by atoms with Crippen LogP contribution in [0, 0.1) is 11.3 Å². The number of aromatic amines is 1. The van der Waals surface area contributed by atoms with Crippen molar-refractivity contribution < 1.29 is 16.5 Å². The number of halogens is 1. The minimum atomic E-state index is -5.16. The second-order valence-electron chi connectivity index (χ2n) is 9.39. The van der Waals surface area contributed by atoms with Crippen LogP contribution in [0.15, 0.2) is 59.4 Å². The summed E-state index contributed by atoms with van der Waals surface area (Å²) in [6.07, 6.45) is 3.68. The quantitative estimate of drug-likeness (QED) is 0.287. The van der Waals surface area contributed by atoms with Crippen molar-refractivity contribution in [2.75, 3.05) is 0 Å². The Morgan fingerprint density at radius 2 is 1.95 bits per heavy atom. The highest BCUT2D eigenvalue weighted by Crippen LogP contribution is 2.40. The topological polar surface area (TPSA) is 105 Å². The van der Waals surface area contributed by atoms with E-state index in [4.69, 9.17) is 0 Å². The number of hydrogen-bond donors (Lipinski definition) is 1. The number of benzene rings is 3. The van der Waals surface area contributed by atoms with Gasteiger partial charge in [-0.3, -0.25) is 4.79 Å². The Balaban J connectivity index is 1.68. The Morgan fingerprint density at radius 1 is 1.14 bits per heavy atom. The lowest BCUT2D eigenvalue weighted by molar-refractivity contribution is 0.327. The monoisotopic (exact) mass is 515 g/mol. The molecule has 37 heavy (non-hydrogen) atoms. The predicted octanol–water partition coefficient (Wildman–Crippen LogP) is 6.06. The third kappa shape index (κ3) is 3.85. The summed E-state index contributed by atoms with van der Waals surface area (Å²) in [5.74, 6) is -0.127. The summed E-state index contributed by atoms with van der Waals surface area (Å²) >= 11 is 0. The van der Waals surface area contributed by atoms with Gasteiger partial charge in [0.1, 0.15) is 11.4 Å². The van der Waals surface area contributed by atoms with Crippen LogP contribution in [0.3, 0.4) is 0 Å². The lowest BCUT2D eigenvalue weighted by atomic mass is 9.90. The zero-order chi connectivity index (χ0) is 25.9. The summed E-state index contributed by atoms with van der Waals surface area (Å²) in [6, 6.07) is 17.8. The third-order valence-electron chi connectivity index (χ3n) is 7.26. The van der Waals surface area contributed by atoms with Gasteiger partial charge >= 0.3 is 10.5 Å². The summed E-state index contributed by atoms with van der Waals surface area (Å²) in [4.78, 5) is 17.3. The second-order valence-corrected chi connectivity index (χ2v) is 10.3. The van der Waals surface area contributed by atoms with E-state index in [9.17, 15) is 22.4 Å². The fraction of sp³-hybridized carbons (Fsp3) is 0.214. The van der Waals surface area contributed by atoms with E-state index in [1.807, 2.05) is 25.1 Å². The van der Waals surface area contributed by atoms with Gasteiger partial charge in [-0.2, -0.15) is 13.7 Å². The van der Waals surface area contributed by atoms with Gasteiger partial charge in [-0.15, -0.1) is 0 Å². The van der Waals surface area contributed by atoms with Gasteiger partial charge in [-0.05, 0) is 78.8 Å². The van der Waals surface area contributed by atoms with Gasteiger partial charge < -0.3 is 13.7 Å². The molecule has 2 heterocycles. The molecule has 1 N–H and O–H groups in total. The Bertz CT molecular complexity index is 1950. The Morgan fingerprint density at radius 3 is 2.62 bits per heavy atom. The van der Waals surface area contributed by atoms with E-state index in [1.54, 1.807) is 24.3 Å². The van der Waals surface area contributed by atoms with E-state index >= 15 is 0 Å². The predicted molar refractivity (Wildman–Crippen MR) is 141 cm³/mol. The molecule has 0 spiro atoms. The molecule has 0 atom stereocenters. The highest BCUT2D eigenvalue weighted by molar-refractivity contribution is 7.81. The molecule has 2 aromatic heterocycles. The maximum atomic E-state index is 13.9. The lowest BCUT2D eigenvalue weighted by Gasteiger charge is -2.31. The molecule has 6 rings (SSSR count). The van der Waals surface area contributed by atoms with Gasteiger partial charge in [0.05, 0.1) is 22.5 Å². The SMILES string of the molecule is CCc1cc2c(=O)c3c4ccc(C#N)cc4[nH]c3n(C3CCC3)c2cc1-c1cccc(OS(=O)(=O)F)c1. The van der Waals surface area contributed by atoms with Crippen LogP contribution in [-0.4, -0.2) is 18.0 Å². The van der Waals surface area contributed by atoms with Crippen molar-refractivity contribution >= 4 is 43.3 Å². The van der Waals surface area contributed by atoms with Crippen LogP contribution in [0.25, 0.3) is 44.0 Å². The number of aromatic nitrogens is 2. The summed E-state index contributed by atoms with van der Waals surface area (Å²) < 4.78 is 41.9. The summed E-state index contributed by atoms with van der Waals surface area (Å²) in [5.41, 5.74) is 5.03. The minimum absolute atomic E-state index is 0.0848. The van der Waals surface area contributed by atoms with E-state index in [2.05, 4.69) is 19.8 Å². The summed E-state index contributed by atoms with van der Waals surface area (Å²) in [5, 5.41) is 11.4. The number of nitriles is 1. The fourth-order valence-electron chi connectivity index (χ4n) is 5.35. The zero-order valence-electron chi connectivity index (χ0n) is 19.9. The minimum Gasteiger partial charge on any atom is -0.358 e. The van der Waals surface area contributed by atoms with Gasteiger partial charge in [-0.1, -0.05) is 29.0 Å². The number of fused-ring (bicyclic) bond motifs is 4. The van der Waals surface area contributed by atoms with Crippen LogP contribution >= 0.6 is 0 Å². The van der Waals surface area contributed by atoms with Crippen LogP contribution in [0.2, 0.25) is 0 Å². The maximum Gasteiger partial charge on any atom is 0.488 e. The molecule has 0 saturated heterocycles. The number of nitrogens with one attached hydrogen (secondary N) is 1. The van der Waals surface area contributed by atoms with Gasteiger partial charge in [-0.25, -0.2) is 0 Å². The van der Waals surface area contributed by atoms with Crippen LogP contribution in [0.1, 0.15) is 43.4 Å². The number of pyridine rings is 1. The summed E-state index contributed by atoms with van der Waals surface area (Å²) in [7, 11) is -5.16. The Hall–Kier alpha value is -4.16. The van der Waals surface area contributed by atoms with E-state index in [0.717, 1.165) is 52.5 Å². The molecule has 0 bridgehead atoms. The van der Waals surface area contributed by atoms with Gasteiger partial charge in [0, 0.05) is 22.3 Å². The van der Waals surface area contributed by atoms with Gasteiger partial charge in [0.25, 0.3) is 0 Å². The van der Waals surface area contributed by atoms with Crippen LogP contribution < -0.4 is 9.61 Å². The first-order chi connectivity index (χ1) is 17.8. The van der Waals surface area contributed by atoms with E-state index in [-0.39, 0.29) is 17.2 Å². The molecule has 5 aromatic rings. The fourth-order valence-corrected chi connectivity index (χ4v) is 5.68. The van der Waals surface area contributed by atoms with E-state index < -0.39 is 10.5 Å². The van der Waals surface area contributed by atoms with Crippen molar-refractivity contribution in [2.45, 2.75) is 38.6 Å². The number of hydrogen-bond acceptors (Lipinski definition) is 5. The van der Waals surface area contributed by atoms with Gasteiger partial charge in [0.15, 0.2) is 5.43 Å². The number of nitrogens with zero attached hydrogens (tertiary/aromatic N) is 2. The molecular formula is C28H22FN3O4S. The van der Waals surface area contributed by atoms with Crippen molar-refractivity contribution in [3.05, 3.63) is 75.9 Å². The highest BCUT2D eigenvalue weighted by atomic mass is 32.3. The molecule has 0 amide bonds. The molecule has 0 unspecified atom stereocenters. The molecule has 1 saturated carbocycles. The third-order valence-corrected chi connectivity index (χ3v) is 7.65. The standard InChI is InChI=1S/C28H22FN3O4S/c1-2-17-13-23-25(14-22(17)18-5-3-8-20(12-18)36-37(29,34)35)32(19-6-4-7-19)28-26(27(23)33)21-10-9-16(15-30)11-24(21)31-28/h3,5,8-14,19,31H,2,4,6-7H2,1H3. The van der Waals surface area contributed by atoms with Crippen molar-refractivity contribution in [3.8, 4) is 22.9 Å². The Kier molecular flexibility index (Phi) is 5.31. The van der Waals surface area contributed by atoms with Crippen molar-refractivity contribution in [3.63, 3.8) is 0 Å². The number of H-pyrrole nitrogens is 1. The first kappa shape index (κ1) is 23.3. The number of aryl methyl sites for hydroxylation is 1. The molecule has 1 fully saturated rings. The second kappa shape index (κ2) is 8.46. The largest absolute Gasteiger partial charge is 0.488 e. The first-order valence-corrected chi connectivity index (χ1v) is 13.4. The lowest BCUT2D eigenvalue weighted by Crippen LogP contribution is -2.21. The molecule has 9 heteroatoms. The average Bonchev–Trinajstić information content (AvgIpc) is 3.22. The molecule has 3 aromatic carbocycles. The highest BCUT2D eigenvalue weighted by Gasteiger charge is 2.26. The first-order valence-electron chi connectivity index (χ1n) is 12.1. The molecule has 0 radical (unpaired) electrons. The van der Waals surface area contributed by atoms with Crippen LogP contribution in [-0.2, 0) is 16.9 Å². The number of rotatable bonds is 5.